The van der Waals surface area contributed by atoms with Gasteiger partial charge in [0.15, 0.2) is 0 Å². The summed E-state index contributed by atoms with van der Waals surface area (Å²) in [6.07, 6.45) is -4.14. The summed E-state index contributed by atoms with van der Waals surface area (Å²) in [4.78, 5) is 12.7. The van der Waals surface area contributed by atoms with Crippen LogP contribution in [0.15, 0.2) is 39.7 Å². The van der Waals surface area contributed by atoms with Gasteiger partial charge < -0.3 is 15.3 Å². The minimum absolute atomic E-state index is 0.342. The van der Waals surface area contributed by atoms with Gasteiger partial charge in [0.2, 0.25) is 0 Å². The Balaban J connectivity index is 1.72. The van der Waals surface area contributed by atoms with Crippen molar-refractivity contribution in [3.8, 4) is 5.75 Å². The molecule has 0 atom stereocenters. The number of halogens is 3. The molecule has 0 saturated carbocycles. The monoisotopic (exact) mass is 388 g/mol. The molecule has 0 spiro atoms. The molecule has 0 fully saturated rings. The van der Waals surface area contributed by atoms with E-state index < -0.39 is 6.36 Å². The van der Waals surface area contributed by atoms with Crippen LogP contribution in [-0.4, -0.2) is 28.9 Å². The number of amides is 1. The third kappa shape index (κ3) is 4.26. The summed E-state index contributed by atoms with van der Waals surface area (Å²) in [6, 6.07) is 6.53. The van der Waals surface area contributed by atoms with Crippen LogP contribution in [0.25, 0.3) is 0 Å². The van der Waals surface area contributed by atoms with Gasteiger partial charge in [0, 0.05) is 23.4 Å². The zero-order valence-electron chi connectivity index (χ0n) is 12.5. The van der Waals surface area contributed by atoms with Crippen LogP contribution in [0.5, 0.6) is 5.75 Å². The van der Waals surface area contributed by atoms with Crippen molar-refractivity contribution in [2.75, 3.05) is 11.1 Å². The van der Waals surface area contributed by atoms with Crippen molar-refractivity contribution in [1.82, 2.24) is 0 Å². The van der Waals surface area contributed by atoms with Crippen LogP contribution in [0.3, 0.4) is 0 Å². The molecule has 0 unspecified atom stereocenters. The van der Waals surface area contributed by atoms with Crippen LogP contribution in [0.4, 0.5) is 18.9 Å². The lowest BCUT2D eigenvalue weighted by molar-refractivity contribution is -0.274. The van der Waals surface area contributed by atoms with Crippen molar-refractivity contribution < 1.29 is 27.9 Å². The summed E-state index contributed by atoms with van der Waals surface area (Å²) in [5.74, 6) is 0.0216. The summed E-state index contributed by atoms with van der Waals surface area (Å²) in [6.45, 7) is 0. The standard InChI is InChI=1S/C15H11F3N2O3S2/c16-15(17,18)23-9-3-1-8(2-4-9)19-13(21)12-7-10-11(20-22)5-6-24-14(10)25-12/h1-4,7,22H,5-6H2,(H,19,21). The normalized spacial score (nSPS) is 15.7. The molecule has 1 aliphatic heterocycles. The molecule has 5 nitrogen and oxygen atoms in total. The highest BCUT2D eigenvalue weighted by molar-refractivity contribution is 8.01. The first-order valence-corrected chi connectivity index (χ1v) is 8.81. The molecule has 2 heterocycles. The summed E-state index contributed by atoms with van der Waals surface area (Å²) in [5, 5.41) is 14.9. The molecule has 1 aromatic heterocycles. The van der Waals surface area contributed by atoms with E-state index in [0.29, 0.717) is 22.7 Å². The molecule has 1 amide bonds. The van der Waals surface area contributed by atoms with Crippen molar-refractivity contribution in [3.63, 3.8) is 0 Å². The zero-order valence-corrected chi connectivity index (χ0v) is 14.1. The predicted octanol–water partition coefficient (Wildman–Crippen LogP) is 4.57. The number of alkyl halides is 3. The average molecular weight is 388 g/mol. The molecule has 3 rings (SSSR count). The van der Waals surface area contributed by atoms with Gasteiger partial charge in [0.05, 0.1) is 14.8 Å². The van der Waals surface area contributed by atoms with Crippen molar-refractivity contribution in [2.45, 2.75) is 17.0 Å². The number of hydrogen-bond donors (Lipinski definition) is 2. The summed E-state index contributed by atoms with van der Waals surface area (Å²) >= 11 is 2.86. The minimum atomic E-state index is -4.76. The largest absolute Gasteiger partial charge is 0.573 e. The van der Waals surface area contributed by atoms with Gasteiger partial charge >= 0.3 is 6.36 Å². The van der Waals surface area contributed by atoms with Gasteiger partial charge in [-0.25, -0.2) is 0 Å². The van der Waals surface area contributed by atoms with Crippen molar-refractivity contribution in [1.29, 1.82) is 0 Å². The maximum atomic E-state index is 12.3. The number of thiophene rings is 1. The number of carbonyl (C=O) groups excluding carboxylic acids is 1. The summed E-state index contributed by atoms with van der Waals surface area (Å²) < 4.78 is 41.1. The lowest BCUT2D eigenvalue weighted by Gasteiger charge is -2.10. The van der Waals surface area contributed by atoms with Gasteiger partial charge in [0.1, 0.15) is 5.75 Å². The lowest BCUT2D eigenvalue weighted by Crippen LogP contribution is -2.17. The maximum Gasteiger partial charge on any atom is 0.573 e. The van der Waals surface area contributed by atoms with E-state index in [1.165, 1.54) is 23.5 Å². The number of rotatable bonds is 3. The topological polar surface area (TPSA) is 70.9 Å². The number of oxime groups is 1. The van der Waals surface area contributed by atoms with Gasteiger partial charge in [-0.2, -0.15) is 0 Å². The van der Waals surface area contributed by atoms with E-state index in [-0.39, 0.29) is 11.7 Å². The summed E-state index contributed by atoms with van der Waals surface area (Å²) in [7, 11) is 0. The Morgan fingerprint density at radius 3 is 2.64 bits per heavy atom. The second-order valence-corrected chi connectivity index (χ2v) is 7.40. The third-order valence-corrected chi connectivity index (χ3v) is 5.69. The molecule has 0 radical (unpaired) electrons. The fourth-order valence-electron chi connectivity index (χ4n) is 2.21. The molecule has 2 N–H and O–H groups in total. The molecule has 1 aromatic carbocycles. The Bertz CT molecular complexity index is 816. The van der Waals surface area contributed by atoms with E-state index in [0.717, 1.165) is 27.7 Å². The van der Waals surface area contributed by atoms with E-state index in [1.807, 2.05) is 0 Å². The van der Waals surface area contributed by atoms with Gasteiger partial charge in [-0.15, -0.1) is 36.3 Å². The zero-order chi connectivity index (χ0) is 18.0. The molecule has 10 heteroatoms. The van der Waals surface area contributed by atoms with Crippen LogP contribution in [-0.2, 0) is 0 Å². The Labute approximate surface area is 148 Å². The molecule has 1 aliphatic rings. The molecule has 0 bridgehead atoms. The van der Waals surface area contributed by atoms with Gasteiger partial charge in [-0.1, -0.05) is 5.16 Å². The van der Waals surface area contributed by atoms with Crippen molar-refractivity contribution in [2.24, 2.45) is 5.16 Å². The number of fused-ring (bicyclic) bond motifs is 1. The van der Waals surface area contributed by atoms with Crippen LogP contribution >= 0.6 is 23.1 Å². The average Bonchev–Trinajstić information content (AvgIpc) is 2.99. The molecule has 25 heavy (non-hydrogen) atoms. The highest BCUT2D eigenvalue weighted by Crippen LogP contribution is 2.37. The van der Waals surface area contributed by atoms with Crippen LogP contribution in [0, 0.1) is 0 Å². The fourth-order valence-corrected chi connectivity index (χ4v) is 4.58. The first kappa shape index (κ1) is 17.6. The molecule has 132 valence electrons. The fraction of sp³-hybridized carbons (Fsp3) is 0.200. The second-order valence-electron chi connectivity index (χ2n) is 4.98. The quantitative estimate of drug-likeness (QED) is 0.597. The first-order valence-electron chi connectivity index (χ1n) is 7.01. The number of nitrogens with one attached hydrogen (secondary N) is 1. The summed E-state index contributed by atoms with van der Waals surface area (Å²) in [5.41, 5.74) is 1.62. The maximum absolute atomic E-state index is 12.3. The highest BCUT2D eigenvalue weighted by Gasteiger charge is 2.31. The Morgan fingerprint density at radius 1 is 1.28 bits per heavy atom. The number of benzene rings is 1. The van der Waals surface area contributed by atoms with Crippen molar-refractivity contribution >= 4 is 40.4 Å². The lowest BCUT2D eigenvalue weighted by atomic mass is 10.1. The highest BCUT2D eigenvalue weighted by atomic mass is 32.2. The van der Waals surface area contributed by atoms with Gasteiger partial charge in [-0.05, 0) is 30.3 Å². The minimum Gasteiger partial charge on any atom is -0.411 e. The molecule has 0 saturated heterocycles. The Hall–Kier alpha value is -2.20. The second kappa shape index (κ2) is 6.96. The molecule has 2 aromatic rings. The van der Waals surface area contributed by atoms with Crippen LogP contribution in [0.2, 0.25) is 0 Å². The Kier molecular flexibility index (Phi) is 4.91. The van der Waals surface area contributed by atoms with Gasteiger partial charge in [0.25, 0.3) is 5.91 Å². The number of ether oxygens (including phenoxy) is 1. The number of anilines is 1. The van der Waals surface area contributed by atoms with E-state index in [4.69, 9.17) is 5.21 Å². The van der Waals surface area contributed by atoms with E-state index in [9.17, 15) is 18.0 Å². The van der Waals surface area contributed by atoms with E-state index >= 15 is 0 Å². The molecular weight excluding hydrogens is 377 g/mol. The first-order chi connectivity index (χ1) is 11.9. The van der Waals surface area contributed by atoms with Gasteiger partial charge in [-0.3, -0.25) is 4.79 Å². The predicted molar refractivity (Wildman–Crippen MR) is 89.1 cm³/mol. The SMILES string of the molecule is O=C(Nc1ccc(OC(F)(F)F)cc1)c1cc2c(s1)SCCC2=NO. The number of carbonyl (C=O) groups is 1. The molecular formula is C15H11F3N2O3S2. The smallest absolute Gasteiger partial charge is 0.411 e. The van der Waals surface area contributed by atoms with Crippen molar-refractivity contribution in [3.05, 3.63) is 40.8 Å². The van der Waals surface area contributed by atoms with E-state index in [1.54, 1.807) is 17.8 Å². The number of nitrogens with zero attached hydrogens (tertiary/aromatic N) is 1. The Morgan fingerprint density at radius 2 is 2.00 bits per heavy atom. The third-order valence-electron chi connectivity index (χ3n) is 3.27. The number of hydrogen-bond acceptors (Lipinski definition) is 6. The van der Waals surface area contributed by atoms with Crippen LogP contribution < -0.4 is 10.1 Å². The molecule has 0 aliphatic carbocycles. The number of thioether (sulfide) groups is 1. The van der Waals surface area contributed by atoms with E-state index in [2.05, 4.69) is 15.2 Å². The van der Waals surface area contributed by atoms with Crippen LogP contribution in [0.1, 0.15) is 21.7 Å².